The molecule has 0 bridgehead atoms. The lowest BCUT2D eigenvalue weighted by atomic mass is 10.2. The van der Waals surface area contributed by atoms with E-state index in [9.17, 15) is 14.9 Å². The molecule has 0 aromatic rings. The second kappa shape index (κ2) is 7.98. The van der Waals surface area contributed by atoms with E-state index in [1.165, 1.54) is 0 Å². The summed E-state index contributed by atoms with van der Waals surface area (Å²) in [5.74, 6) is 0.150. The van der Waals surface area contributed by atoms with E-state index in [0.717, 1.165) is 0 Å². The SMILES string of the molecule is CC(C)CNC(=O)COCCO[N+](=O)[O-]. The fraction of sp³-hybridized carbons (Fsp3) is 0.875. The molecule has 1 amide bonds. The molecular formula is C8H16N2O5. The highest BCUT2D eigenvalue weighted by molar-refractivity contribution is 5.77. The Morgan fingerprint density at radius 3 is 2.67 bits per heavy atom. The molecular weight excluding hydrogens is 204 g/mol. The van der Waals surface area contributed by atoms with Crippen molar-refractivity contribution in [2.45, 2.75) is 13.8 Å². The van der Waals surface area contributed by atoms with E-state index < -0.39 is 5.09 Å². The van der Waals surface area contributed by atoms with E-state index in [2.05, 4.69) is 10.2 Å². The molecule has 0 saturated carbocycles. The maximum atomic E-state index is 11.0. The van der Waals surface area contributed by atoms with Crippen LogP contribution in [0.25, 0.3) is 0 Å². The molecule has 0 aromatic carbocycles. The van der Waals surface area contributed by atoms with Crippen LogP contribution >= 0.6 is 0 Å². The minimum absolute atomic E-state index is 0.0239. The third kappa shape index (κ3) is 10.6. The van der Waals surface area contributed by atoms with Gasteiger partial charge in [-0.1, -0.05) is 13.8 Å². The third-order valence-electron chi connectivity index (χ3n) is 1.37. The predicted molar refractivity (Wildman–Crippen MR) is 51.6 cm³/mol. The maximum Gasteiger partial charge on any atom is 0.294 e. The average molecular weight is 220 g/mol. The van der Waals surface area contributed by atoms with E-state index in [-0.39, 0.29) is 25.7 Å². The van der Waals surface area contributed by atoms with Gasteiger partial charge in [-0.05, 0) is 5.92 Å². The number of nitrogens with one attached hydrogen (secondary N) is 1. The largest absolute Gasteiger partial charge is 0.370 e. The number of nitrogens with zero attached hydrogens (tertiary/aromatic N) is 1. The molecule has 0 saturated heterocycles. The number of ether oxygens (including phenoxy) is 1. The van der Waals surface area contributed by atoms with Crippen molar-refractivity contribution in [2.75, 3.05) is 26.4 Å². The minimum Gasteiger partial charge on any atom is -0.370 e. The van der Waals surface area contributed by atoms with Gasteiger partial charge in [-0.25, -0.2) is 0 Å². The van der Waals surface area contributed by atoms with Crippen molar-refractivity contribution in [3.05, 3.63) is 10.1 Å². The molecule has 0 unspecified atom stereocenters. The summed E-state index contributed by atoms with van der Waals surface area (Å²) in [4.78, 5) is 24.7. The van der Waals surface area contributed by atoms with Crippen LogP contribution in [0, 0.1) is 16.0 Å². The summed E-state index contributed by atoms with van der Waals surface area (Å²) < 4.78 is 4.84. The molecule has 0 radical (unpaired) electrons. The molecule has 0 heterocycles. The van der Waals surface area contributed by atoms with Crippen molar-refractivity contribution in [2.24, 2.45) is 5.92 Å². The molecule has 0 atom stereocenters. The normalized spacial score (nSPS) is 10.1. The van der Waals surface area contributed by atoms with Gasteiger partial charge in [-0.2, -0.15) is 0 Å². The molecule has 0 aliphatic heterocycles. The summed E-state index contributed by atoms with van der Waals surface area (Å²) in [6.45, 7) is 4.31. The highest BCUT2D eigenvalue weighted by Gasteiger charge is 2.02. The highest BCUT2D eigenvalue weighted by Crippen LogP contribution is 1.87. The van der Waals surface area contributed by atoms with E-state index in [4.69, 9.17) is 4.74 Å². The maximum absolute atomic E-state index is 11.0. The van der Waals surface area contributed by atoms with Crippen LogP contribution in [0.2, 0.25) is 0 Å². The van der Waals surface area contributed by atoms with Crippen molar-refractivity contribution >= 4 is 5.91 Å². The smallest absolute Gasteiger partial charge is 0.294 e. The number of rotatable bonds is 8. The molecule has 0 fully saturated rings. The fourth-order valence-electron chi connectivity index (χ4n) is 0.705. The van der Waals surface area contributed by atoms with Crippen LogP contribution in [-0.2, 0) is 14.4 Å². The van der Waals surface area contributed by atoms with Gasteiger partial charge in [0.25, 0.3) is 5.09 Å². The first-order valence-electron chi connectivity index (χ1n) is 4.64. The Hall–Kier alpha value is -1.37. The highest BCUT2D eigenvalue weighted by atomic mass is 17.0. The number of amides is 1. The summed E-state index contributed by atoms with van der Waals surface area (Å²) in [6.07, 6.45) is 0. The van der Waals surface area contributed by atoms with Gasteiger partial charge in [-0.15, -0.1) is 10.1 Å². The van der Waals surface area contributed by atoms with Gasteiger partial charge in [0.15, 0.2) is 0 Å². The molecule has 88 valence electrons. The van der Waals surface area contributed by atoms with Gasteiger partial charge < -0.3 is 14.9 Å². The monoisotopic (exact) mass is 220 g/mol. The van der Waals surface area contributed by atoms with Crippen LogP contribution in [0.15, 0.2) is 0 Å². The van der Waals surface area contributed by atoms with E-state index in [1.807, 2.05) is 13.8 Å². The van der Waals surface area contributed by atoms with Crippen molar-refractivity contribution < 1.29 is 19.5 Å². The summed E-state index contributed by atoms with van der Waals surface area (Å²) in [5, 5.41) is 11.5. The summed E-state index contributed by atoms with van der Waals surface area (Å²) in [6, 6.07) is 0. The van der Waals surface area contributed by atoms with E-state index >= 15 is 0 Å². The third-order valence-corrected chi connectivity index (χ3v) is 1.37. The lowest BCUT2D eigenvalue weighted by molar-refractivity contribution is -0.758. The predicted octanol–water partition coefficient (Wildman–Crippen LogP) is -0.0165. The molecule has 15 heavy (non-hydrogen) atoms. The van der Waals surface area contributed by atoms with Gasteiger partial charge >= 0.3 is 0 Å². The van der Waals surface area contributed by atoms with E-state index in [0.29, 0.717) is 12.5 Å². The lowest BCUT2D eigenvalue weighted by Gasteiger charge is -2.07. The second-order valence-corrected chi connectivity index (χ2v) is 3.31. The summed E-state index contributed by atoms with van der Waals surface area (Å²) in [7, 11) is 0. The molecule has 7 heteroatoms. The van der Waals surface area contributed by atoms with Gasteiger partial charge in [0.1, 0.15) is 13.2 Å². The van der Waals surface area contributed by atoms with Crippen molar-refractivity contribution in [3.63, 3.8) is 0 Å². The zero-order valence-electron chi connectivity index (χ0n) is 8.89. The van der Waals surface area contributed by atoms with Crippen LogP contribution in [-0.4, -0.2) is 37.4 Å². The number of carbonyl (C=O) groups is 1. The molecule has 1 N–H and O–H groups in total. The Morgan fingerprint density at radius 1 is 1.47 bits per heavy atom. The Morgan fingerprint density at radius 2 is 2.13 bits per heavy atom. The Kier molecular flexibility index (Phi) is 7.25. The number of carbonyl (C=O) groups excluding carboxylic acids is 1. The second-order valence-electron chi connectivity index (χ2n) is 3.31. The average Bonchev–Trinajstić information content (AvgIpc) is 2.13. The van der Waals surface area contributed by atoms with Crippen molar-refractivity contribution in [1.82, 2.24) is 5.32 Å². The molecule has 7 nitrogen and oxygen atoms in total. The Bertz CT molecular complexity index is 207. The molecule has 0 aromatic heterocycles. The van der Waals surface area contributed by atoms with Gasteiger partial charge in [0.05, 0.1) is 6.61 Å². The first-order chi connectivity index (χ1) is 7.02. The molecule has 0 spiro atoms. The van der Waals surface area contributed by atoms with Crippen LogP contribution in [0.1, 0.15) is 13.8 Å². The van der Waals surface area contributed by atoms with Crippen molar-refractivity contribution in [1.29, 1.82) is 0 Å². The Balaban J connectivity index is 3.28. The summed E-state index contributed by atoms with van der Waals surface area (Å²) in [5.41, 5.74) is 0. The summed E-state index contributed by atoms with van der Waals surface area (Å²) >= 11 is 0. The zero-order valence-corrected chi connectivity index (χ0v) is 8.89. The molecule has 0 aliphatic carbocycles. The quantitative estimate of drug-likeness (QED) is 0.353. The first kappa shape index (κ1) is 13.6. The van der Waals surface area contributed by atoms with Crippen LogP contribution in [0.3, 0.4) is 0 Å². The minimum atomic E-state index is -0.901. The van der Waals surface area contributed by atoms with Gasteiger partial charge in [0.2, 0.25) is 5.91 Å². The number of hydrogen-bond acceptors (Lipinski definition) is 5. The van der Waals surface area contributed by atoms with Crippen LogP contribution < -0.4 is 5.32 Å². The Labute approximate surface area is 87.8 Å². The fourth-order valence-corrected chi connectivity index (χ4v) is 0.705. The van der Waals surface area contributed by atoms with Crippen LogP contribution in [0.5, 0.6) is 0 Å². The topological polar surface area (TPSA) is 90.7 Å². The van der Waals surface area contributed by atoms with Gasteiger partial charge in [-0.3, -0.25) is 4.79 Å². The van der Waals surface area contributed by atoms with Crippen molar-refractivity contribution in [3.8, 4) is 0 Å². The number of hydrogen-bond donors (Lipinski definition) is 1. The first-order valence-corrected chi connectivity index (χ1v) is 4.64. The standard InChI is InChI=1S/C8H16N2O5/c1-7(2)5-9-8(11)6-14-3-4-15-10(12)13/h7H,3-6H2,1-2H3,(H,9,11). The molecule has 0 rings (SSSR count). The van der Waals surface area contributed by atoms with Gasteiger partial charge in [0, 0.05) is 6.54 Å². The zero-order chi connectivity index (χ0) is 11.7. The van der Waals surface area contributed by atoms with Crippen LogP contribution in [0.4, 0.5) is 0 Å². The molecule has 0 aliphatic rings. The van der Waals surface area contributed by atoms with E-state index in [1.54, 1.807) is 0 Å². The lowest BCUT2D eigenvalue weighted by Crippen LogP contribution is -2.31.